The summed E-state index contributed by atoms with van der Waals surface area (Å²) >= 11 is 6.32. The monoisotopic (exact) mass is 292 g/mol. The Bertz CT molecular complexity index is 586. The second-order valence-corrected chi connectivity index (χ2v) is 5.35. The molecule has 1 aromatic carbocycles. The van der Waals surface area contributed by atoms with Gasteiger partial charge in [0.15, 0.2) is 5.82 Å². The molecule has 5 nitrogen and oxygen atoms in total. The van der Waals surface area contributed by atoms with Crippen molar-refractivity contribution in [3.8, 4) is 0 Å². The van der Waals surface area contributed by atoms with Crippen molar-refractivity contribution in [2.24, 2.45) is 0 Å². The highest BCUT2D eigenvalue weighted by molar-refractivity contribution is 6.31. The summed E-state index contributed by atoms with van der Waals surface area (Å²) in [6, 6.07) is 8.20. The molecule has 6 heteroatoms. The minimum Gasteiger partial charge on any atom is -0.338 e. The number of rotatable bonds is 3. The van der Waals surface area contributed by atoms with Gasteiger partial charge >= 0.3 is 0 Å². The number of piperazine rings is 1. The van der Waals surface area contributed by atoms with Crippen LogP contribution in [0.1, 0.15) is 23.3 Å². The zero-order chi connectivity index (χ0) is 13.9. The van der Waals surface area contributed by atoms with E-state index < -0.39 is 0 Å². The van der Waals surface area contributed by atoms with Crippen LogP contribution >= 0.6 is 11.6 Å². The summed E-state index contributed by atoms with van der Waals surface area (Å²) in [6.07, 6.45) is 0. The SMILES string of the molecule is Cc1noc(CN2CCNCC2c2ccccc2Cl)n1. The predicted molar refractivity (Wildman–Crippen MR) is 76.5 cm³/mol. The number of aryl methyl sites for hydroxylation is 1. The third-order valence-corrected chi connectivity index (χ3v) is 3.87. The highest BCUT2D eigenvalue weighted by atomic mass is 35.5. The van der Waals surface area contributed by atoms with Gasteiger partial charge in [0, 0.05) is 30.7 Å². The van der Waals surface area contributed by atoms with Gasteiger partial charge in [-0.15, -0.1) is 0 Å². The molecule has 1 saturated heterocycles. The molecule has 0 aliphatic carbocycles. The van der Waals surface area contributed by atoms with Crippen molar-refractivity contribution in [3.05, 3.63) is 46.6 Å². The van der Waals surface area contributed by atoms with Crippen LogP contribution in [0.4, 0.5) is 0 Å². The second kappa shape index (κ2) is 5.91. The zero-order valence-electron chi connectivity index (χ0n) is 11.3. The molecule has 1 atom stereocenters. The first-order chi connectivity index (χ1) is 9.74. The third kappa shape index (κ3) is 2.85. The number of hydrogen-bond donors (Lipinski definition) is 1. The molecule has 0 amide bonds. The maximum absolute atomic E-state index is 6.32. The highest BCUT2D eigenvalue weighted by Gasteiger charge is 2.26. The average molecular weight is 293 g/mol. The van der Waals surface area contributed by atoms with Crippen molar-refractivity contribution < 1.29 is 4.52 Å². The number of nitrogens with one attached hydrogen (secondary N) is 1. The van der Waals surface area contributed by atoms with Gasteiger partial charge in [-0.05, 0) is 18.6 Å². The topological polar surface area (TPSA) is 54.2 Å². The molecule has 20 heavy (non-hydrogen) atoms. The van der Waals surface area contributed by atoms with E-state index in [9.17, 15) is 0 Å². The van der Waals surface area contributed by atoms with E-state index in [0.717, 1.165) is 30.2 Å². The van der Waals surface area contributed by atoms with Crippen molar-refractivity contribution in [2.75, 3.05) is 19.6 Å². The lowest BCUT2D eigenvalue weighted by Gasteiger charge is -2.35. The maximum Gasteiger partial charge on any atom is 0.240 e. The Morgan fingerprint density at radius 1 is 1.45 bits per heavy atom. The third-order valence-electron chi connectivity index (χ3n) is 3.53. The number of nitrogens with zero attached hydrogens (tertiary/aromatic N) is 3. The Labute approximate surface area is 122 Å². The smallest absolute Gasteiger partial charge is 0.240 e. The molecule has 2 heterocycles. The molecule has 3 rings (SSSR count). The number of aromatic nitrogens is 2. The van der Waals surface area contributed by atoms with Crippen LogP contribution < -0.4 is 5.32 Å². The summed E-state index contributed by atoms with van der Waals surface area (Å²) in [7, 11) is 0. The van der Waals surface area contributed by atoms with Gasteiger partial charge in [0.25, 0.3) is 0 Å². The first-order valence-electron chi connectivity index (χ1n) is 6.72. The van der Waals surface area contributed by atoms with E-state index in [1.807, 2.05) is 25.1 Å². The van der Waals surface area contributed by atoms with E-state index in [1.165, 1.54) is 0 Å². The van der Waals surface area contributed by atoms with Crippen LogP contribution in [0, 0.1) is 6.92 Å². The molecule has 1 aromatic heterocycles. The molecule has 1 aliphatic heterocycles. The van der Waals surface area contributed by atoms with Crippen molar-refractivity contribution in [1.29, 1.82) is 0 Å². The maximum atomic E-state index is 6.32. The van der Waals surface area contributed by atoms with Gasteiger partial charge in [0.2, 0.25) is 5.89 Å². The van der Waals surface area contributed by atoms with Gasteiger partial charge in [-0.1, -0.05) is 35.0 Å². The van der Waals surface area contributed by atoms with Gasteiger partial charge in [0.1, 0.15) is 0 Å². The van der Waals surface area contributed by atoms with Gasteiger partial charge in [0.05, 0.1) is 6.54 Å². The number of benzene rings is 1. The van der Waals surface area contributed by atoms with E-state index in [0.29, 0.717) is 18.3 Å². The lowest BCUT2D eigenvalue weighted by atomic mass is 10.0. The lowest BCUT2D eigenvalue weighted by Crippen LogP contribution is -2.45. The predicted octanol–water partition coefficient (Wildman–Crippen LogP) is 2.18. The molecule has 0 saturated carbocycles. The molecule has 106 valence electrons. The molecule has 0 radical (unpaired) electrons. The van der Waals surface area contributed by atoms with E-state index in [-0.39, 0.29) is 6.04 Å². The van der Waals surface area contributed by atoms with Crippen LogP contribution in [0.2, 0.25) is 5.02 Å². The summed E-state index contributed by atoms with van der Waals surface area (Å²) < 4.78 is 5.23. The van der Waals surface area contributed by atoms with Gasteiger partial charge < -0.3 is 9.84 Å². The van der Waals surface area contributed by atoms with Gasteiger partial charge in [-0.25, -0.2) is 0 Å². The van der Waals surface area contributed by atoms with Crippen molar-refractivity contribution in [3.63, 3.8) is 0 Å². The fourth-order valence-electron chi connectivity index (χ4n) is 2.57. The Morgan fingerprint density at radius 3 is 3.05 bits per heavy atom. The second-order valence-electron chi connectivity index (χ2n) is 4.95. The summed E-state index contributed by atoms with van der Waals surface area (Å²) in [6.45, 7) is 5.23. The number of hydrogen-bond acceptors (Lipinski definition) is 5. The van der Waals surface area contributed by atoms with Gasteiger partial charge in [-0.3, -0.25) is 4.90 Å². The summed E-state index contributed by atoms with van der Waals surface area (Å²) in [5.41, 5.74) is 1.14. The minimum absolute atomic E-state index is 0.227. The largest absolute Gasteiger partial charge is 0.338 e. The normalized spacial score (nSPS) is 20.2. The fourth-order valence-corrected chi connectivity index (χ4v) is 2.83. The minimum atomic E-state index is 0.227. The number of halogens is 1. The van der Waals surface area contributed by atoms with E-state index >= 15 is 0 Å². The Morgan fingerprint density at radius 2 is 2.30 bits per heavy atom. The Balaban J connectivity index is 1.82. The van der Waals surface area contributed by atoms with Gasteiger partial charge in [-0.2, -0.15) is 4.98 Å². The molecular weight excluding hydrogens is 276 g/mol. The molecular formula is C14H17ClN4O. The Kier molecular flexibility index (Phi) is 4.00. The first kappa shape index (κ1) is 13.5. The molecule has 1 N–H and O–H groups in total. The fraction of sp³-hybridized carbons (Fsp3) is 0.429. The lowest BCUT2D eigenvalue weighted by molar-refractivity contribution is 0.135. The van der Waals surface area contributed by atoms with Crippen LogP contribution in [-0.2, 0) is 6.54 Å². The average Bonchev–Trinajstić information content (AvgIpc) is 2.86. The summed E-state index contributed by atoms with van der Waals surface area (Å²) in [5.74, 6) is 1.32. The summed E-state index contributed by atoms with van der Waals surface area (Å²) in [4.78, 5) is 6.61. The summed E-state index contributed by atoms with van der Waals surface area (Å²) in [5, 5.41) is 8.06. The first-order valence-corrected chi connectivity index (χ1v) is 7.10. The standard InChI is InChI=1S/C14H17ClN4O/c1-10-17-14(20-18-10)9-19-7-6-16-8-13(19)11-4-2-3-5-12(11)15/h2-5,13,16H,6-9H2,1H3. The van der Waals surface area contributed by atoms with Crippen LogP contribution in [-0.4, -0.2) is 34.7 Å². The molecule has 1 unspecified atom stereocenters. The quantitative estimate of drug-likeness (QED) is 0.940. The zero-order valence-corrected chi connectivity index (χ0v) is 12.1. The van der Waals surface area contributed by atoms with Crippen molar-refractivity contribution in [1.82, 2.24) is 20.4 Å². The molecule has 1 fully saturated rings. The van der Waals surface area contributed by atoms with Crippen molar-refractivity contribution >= 4 is 11.6 Å². The van der Waals surface area contributed by atoms with E-state index in [1.54, 1.807) is 0 Å². The van der Waals surface area contributed by atoms with E-state index in [2.05, 4.69) is 26.4 Å². The van der Waals surface area contributed by atoms with Crippen LogP contribution in [0.25, 0.3) is 0 Å². The highest BCUT2D eigenvalue weighted by Crippen LogP contribution is 2.29. The van der Waals surface area contributed by atoms with Crippen LogP contribution in [0.5, 0.6) is 0 Å². The van der Waals surface area contributed by atoms with Crippen LogP contribution in [0.15, 0.2) is 28.8 Å². The molecule has 0 spiro atoms. The van der Waals surface area contributed by atoms with Crippen molar-refractivity contribution in [2.45, 2.75) is 19.5 Å². The molecule has 0 bridgehead atoms. The Hall–Kier alpha value is -1.43. The molecule has 1 aliphatic rings. The molecule has 2 aromatic rings. The van der Waals surface area contributed by atoms with Crippen LogP contribution in [0.3, 0.4) is 0 Å². The van der Waals surface area contributed by atoms with E-state index in [4.69, 9.17) is 16.1 Å².